The van der Waals surface area contributed by atoms with Crippen LogP contribution in [0.1, 0.15) is 43.9 Å². The van der Waals surface area contributed by atoms with Gasteiger partial charge in [0.2, 0.25) is 0 Å². The van der Waals surface area contributed by atoms with Gasteiger partial charge < -0.3 is 5.32 Å². The van der Waals surface area contributed by atoms with Gasteiger partial charge in [0, 0.05) is 12.0 Å². The Bertz CT molecular complexity index is 272. The Hall–Kier alpha value is -0.480. The average Bonchev–Trinajstić information content (AvgIpc) is 2.54. The lowest BCUT2D eigenvalue weighted by Crippen LogP contribution is -2.31. The molecule has 0 aliphatic carbocycles. The van der Waals surface area contributed by atoms with Crippen molar-refractivity contribution in [1.82, 2.24) is 14.7 Å². The molecule has 2 unspecified atom stereocenters. The standard InChI is InChI=1S/C10H19N3S/c1-5-9(7(3)11-6-2)10-12-8(4)13-14-10/h7,9,11H,5-6H2,1-4H3. The van der Waals surface area contributed by atoms with Crippen LogP contribution in [0.15, 0.2) is 0 Å². The molecule has 0 aliphatic heterocycles. The summed E-state index contributed by atoms with van der Waals surface area (Å²) in [7, 11) is 0. The van der Waals surface area contributed by atoms with E-state index in [0.29, 0.717) is 12.0 Å². The summed E-state index contributed by atoms with van der Waals surface area (Å²) < 4.78 is 4.23. The Balaban J connectivity index is 2.71. The van der Waals surface area contributed by atoms with Crippen molar-refractivity contribution in [3.8, 4) is 0 Å². The molecule has 0 saturated heterocycles. The first-order chi connectivity index (χ1) is 6.69. The second-order valence-electron chi connectivity index (χ2n) is 3.54. The quantitative estimate of drug-likeness (QED) is 0.816. The predicted molar refractivity (Wildman–Crippen MR) is 60.8 cm³/mol. The van der Waals surface area contributed by atoms with Crippen LogP contribution in [0.4, 0.5) is 0 Å². The van der Waals surface area contributed by atoms with Gasteiger partial charge in [0.15, 0.2) is 0 Å². The zero-order valence-electron chi connectivity index (χ0n) is 9.37. The summed E-state index contributed by atoms with van der Waals surface area (Å²) in [6, 6.07) is 0.484. The first-order valence-electron chi connectivity index (χ1n) is 5.22. The van der Waals surface area contributed by atoms with Gasteiger partial charge in [-0.2, -0.15) is 4.37 Å². The second-order valence-corrected chi connectivity index (χ2v) is 4.32. The highest BCUT2D eigenvalue weighted by Crippen LogP contribution is 2.24. The van der Waals surface area contributed by atoms with E-state index in [1.54, 1.807) is 0 Å². The lowest BCUT2D eigenvalue weighted by molar-refractivity contribution is 0.458. The van der Waals surface area contributed by atoms with Crippen molar-refractivity contribution >= 4 is 11.5 Å². The maximum Gasteiger partial charge on any atom is 0.139 e. The highest BCUT2D eigenvalue weighted by Gasteiger charge is 2.20. The van der Waals surface area contributed by atoms with Crippen LogP contribution < -0.4 is 5.32 Å². The summed E-state index contributed by atoms with van der Waals surface area (Å²) in [5.41, 5.74) is 0. The minimum atomic E-state index is 0.484. The van der Waals surface area contributed by atoms with Crippen LogP contribution in [0.25, 0.3) is 0 Å². The van der Waals surface area contributed by atoms with E-state index in [1.807, 2.05) is 6.92 Å². The topological polar surface area (TPSA) is 37.8 Å². The van der Waals surface area contributed by atoms with E-state index >= 15 is 0 Å². The molecule has 2 atom stereocenters. The number of aromatic nitrogens is 2. The molecule has 14 heavy (non-hydrogen) atoms. The maximum atomic E-state index is 4.45. The first-order valence-corrected chi connectivity index (χ1v) is 5.99. The minimum Gasteiger partial charge on any atom is -0.314 e. The van der Waals surface area contributed by atoms with E-state index in [2.05, 4.69) is 35.4 Å². The molecule has 0 spiro atoms. The molecule has 0 bridgehead atoms. The van der Waals surface area contributed by atoms with Gasteiger partial charge in [-0.1, -0.05) is 13.8 Å². The van der Waals surface area contributed by atoms with Gasteiger partial charge in [0.05, 0.1) is 0 Å². The van der Waals surface area contributed by atoms with Gasteiger partial charge in [0.1, 0.15) is 10.8 Å². The molecule has 1 N–H and O–H groups in total. The number of hydrogen-bond acceptors (Lipinski definition) is 4. The van der Waals surface area contributed by atoms with Crippen molar-refractivity contribution in [3.05, 3.63) is 10.8 Å². The lowest BCUT2D eigenvalue weighted by atomic mass is 9.99. The number of likely N-dealkylation sites (N-methyl/N-ethyl adjacent to an activating group) is 1. The van der Waals surface area contributed by atoms with Gasteiger partial charge in [-0.05, 0) is 38.3 Å². The summed E-state index contributed by atoms with van der Waals surface area (Å²) in [5.74, 6) is 1.40. The number of nitrogens with one attached hydrogen (secondary N) is 1. The van der Waals surface area contributed by atoms with Gasteiger partial charge in [-0.3, -0.25) is 0 Å². The molecule has 0 radical (unpaired) electrons. The zero-order valence-corrected chi connectivity index (χ0v) is 10.2. The Morgan fingerprint density at radius 1 is 1.43 bits per heavy atom. The molecule has 80 valence electrons. The van der Waals surface area contributed by atoms with Crippen LogP contribution in [0, 0.1) is 6.92 Å². The van der Waals surface area contributed by atoms with Gasteiger partial charge in [-0.25, -0.2) is 4.98 Å². The molecule has 1 aromatic rings. The lowest BCUT2D eigenvalue weighted by Gasteiger charge is -2.20. The Morgan fingerprint density at radius 3 is 2.57 bits per heavy atom. The molecule has 0 aromatic carbocycles. The van der Waals surface area contributed by atoms with Crippen molar-refractivity contribution in [2.45, 2.75) is 46.1 Å². The summed E-state index contributed by atoms with van der Waals surface area (Å²) >= 11 is 1.54. The predicted octanol–water partition coefficient (Wildman–Crippen LogP) is 2.34. The molecule has 0 aliphatic rings. The molecule has 0 fully saturated rings. The molecule has 4 heteroatoms. The second kappa shape index (κ2) is 5.41. The summed E-state index contributed by atoms with van der Waals surface area (Å²) in [4.78, 5) is 4.45. The molecule has 0 amide bonds. The largest absolute Gasteiger partial charge is 0.314 e. The summed E-state index contributed by atoms with van der Waals surface area (Å²) in [6.45, 7) is 9.51. The van der Waals surface area contributed by atoms with Crippen molar-refractivity contribution in [2.75, 3.05) is 6.54 Å². The van der Waals surface area contributed by atoms with E-state index in [4.69, 9.17) is 0 Å². The summed E-state index contributed by atoms with van der Waals surface area (Å²) in [5, 5.41) is 4.61. The van der Waals surface area contributed by atoms with Crippen LogP contribution in [0.2, 0.25) is 0 Å². The fourth-order valence-corrected chi connectivity index (χ4v) is 2.62. The molecule has 0 saturated carbocycles. The van der Waals surface area contributed by atoms with Gasteiger partial charge in [0.25, 0.3) is 0 Å². The van der Waals surface area contributed by atoms with Gasteiger partial charge in [-0.15, -0.1) is 0 Å². The van der Waals surface area contributed by atoms with Crippen LogP contribution >= 0.6 is 11.5 Å². The molecule has 3 nitrogen and oxygen atoms in total. The minimum absolute atomic E-state index is 0.484. The van der Waals surface area contributed by atoms with Crippen LogP contribution in [-0.2, 0) is 0 Å². The van der Waals surface area contributed by atoms with Crippen LogP contribution in [0.5, 0.6) is 0 Å². The number of aryl methyl sites for hydroxylation is 1. The van der Waals surface area contributed by atoms with Crippen molar-refractivity contribution < 1.29 is 0 Å². The molecule has 1 rings (SSSR count). The van der Waals surface area contributed by atoms with E-state index in [-0.39, 0.29) is 0 Å². The molecule has 1 heterocycles. The highest BCUT2D eigenvalue weighted by atomic mass is 32.1. The first kappa shape index (κ1) is 11.6. The summed E-state index contributed by atoms with van der Waals surface area (Å²) in [6.07, 6.45) is 1.11. The third-order valence-corrected chi connectivity index (χ3v) is 3.37. The van der Waals surface area contributed by atoms with Crippen molar-refractivity contribution in [2.24, 2.45) is 0 Å². The van der Waals surface area contributed by atoms with Crippen molar-refractivity contribution in [1.29, 1.82) is 0 Å². The maximum absolute atomic E-state index is 4.45. The molecule has 1 aromatic heterocycles. The number of nitrogens with zero attached hydrogens (tertiary/aromatic N) is 2. The van der Waals surface area contributed by atoms with Crippen molar-refractivity contribution in [3.63, 3.8) is 0 Å². The fraction of sp³-hybridized carbons (Fsp3) is 0.800. The Kier molecular flexibility index (Phi) is 4.48. The normalized spacial score (nSPS) is 15.4. The molecular formula is C10H19N3S. The number of hydrogen-bond donors (Lipinski definition) is 1. The van der Waals surface area contributed by atoms with E-state index in [1.165, 1.54) is 16.5 Å². The van der Waals surface area contributed by atoms with E-state index in [0.717, 1.165) is 18.8 Å². The third-order valence-electron chi connectivity index (χ3n) is 2.43. The molecular weight excluding hydrogens is 194 g/mol. The average molecular weight is 213 g/mol. The van der Waals surface area contributed by atoms with E-state index < -0.39 is 0 Å². The monoisotopic (exact) mass is 213 g/mol. The van der Waals surface area contributed by atoms with E-state index in [9.17, 15) is 0 Å². The highest BCUT2D eigenvalue weighted by molar-refractivity contribution is 7.05. The van der Waals surface area contributed by atoms with Crippen LogP contribution in [0.3, 0.4) is 0 Å². The van der Waals surface area contributed by atoms with Gasteiger partial charge >= 0.3 is 0 Å². The zero-order chi connectivity index (χ0) is 10.6. The Morgan fingerprint density at radius 2 is 2.14 bits per heavy atom. The Labute approximate surface area is 90.1 Å². The third kappa shape index (κ3) is 2.75. The smallest absolute Gasteiger partial charge is 0.139 e. The fourth-order valence-electron chi connectivity index (χ4n) is 1.67. The SMILES string of the molecule is CCNC(C)C(CC)c1nc(C)ns1. The van der Waals surface area contributed by atoms with Crippen LogP contribution in [-0.4, -0.2) is 21.9 Å². The number of rotatable bonds is 5.